The van der Waals surface area contributed by atoms with Crippen molar-refractivity contribution < 1.29 is 9.90 Å². The van der Waals surface area contributed by atoms with Crippen molar-refractivity contribution in [2.24, 2.45) is 0 Å². The average molecular weight is 265 g/mol. The highest BCUT2D eigenvalue weighted by atomic mass is 32.2. The molecule has 0 aliphatic heterocycles. The molecule has 0 saturated carbocycles. The zero-order chi connectivity index (χ0) is 13.4. The molecule has 0 aliphatic carbocycles. The highest BCUT2D eigenvalue weighted by Crippen LogP contribution is 2.12. The van der Waals surface area contributed by atoms with Gasteiger partial charge in [-0.25, -0.2) is 0 Å². The molecule has 1 aromatic rings. The topological polar surface area (TPSA) is 40.5 Å². The third-order valence-electron chi connectivity index (χ3n) is 2.52. The smallest absolute Gasteiger partial charge is 0.254 e. The van der Waals surface area contributed by atoms with E-state index in [9.17, 15) is 4.79 Å². The number of carbonyl (C=O) groups is 1. The van der Waals surface area contributed by atoms with E-state index in [0.29, 0.717) is 18.7 Å². The van der Waals surface area contributed by atoms with Gasteiger partial charge in [0.25, 0.3) is 5.91 Å². The van der Waals surface area contributed by atoms with Crippen LogP contribution in [0.1, 0.15) is 15.9 Å². The standard InChI is InChI=1S/C14H19NO2S/c1-3-8-15(9-10-16)14(17)13-6-4-12(5-7-13)11-18-2/h3-7,16H,1,8-11H2,2H3. The molecule has 1 N–H and O–H groups in total. The van der Waals surface area contributed by atoms with Gasteiger partial charge in [-0.15, -0.1) is 6.58 Å². The zero-order valence-electron chi connectivity index (χ0n) is 10.6. The van der Waals surface area contributed by atoms with Crippen LogP contribution in [0.2, 0.25) is 0 Å². The second-order valence-corrected chi connectivity index (χ2v) is 4.76. The molecule has 0 heterocycles. The fourth-order valence-electron chi connectivity index (χ4n) is 1.65. The van der Waals surface area contributed by atoms with Gasteiger partial charge in [-0.05, 0) is 24.0 Å². The summed E-state index contributed by atoms with van der Waals surface area (Å²) in [5.74, 6) is 0.876. The summed E-state index contributed by atoms with van der Waals surface area (Å²) >= 11 is 1.75. The first-order valence-electron chi connectivity index (χ1n) is 5.81. The minimum Gasteiger partial charge on any atom is -0.395 e. The van der Waals surface area contributed by atoms with Crippen LogP contribution in [0.5, 0.6) is 0 Å². The summed E-state index contributed by atoms with van der Waals surface area (Å²) in [4.78, 5) is 13.7. The number of thioether (sulfide) groups is 1. The third kappa shape index (κ3) is 4.20. The second-order valence-electron chi connectivity index (χ2n) is 3.89. The van der Waals surface area contributed by atoms with Crippen molar-refractivity contribution >= 4 is 17.7 Å². The predicted octanol–water partition coefficient (Wildman–Crippen LogP) is 2.17. The Balaban J connectivity index is 2.77. The van der Waals surface area contributed by atoms with E-state index < -0.39 is 0 Å². The Bertz CT molecular complexity index is 389. The SMILES string of the molecule is C=CCN(CCO)C(=O)c1ccc(CSC)cc1. The normalized spacial score (nSPS) is 10.1. The van der Waals surface area contributed by atoms with Gasteiger partial charge in [0.1, 0.15) is 0 Å². The number of hydrogen-bond acceptors (Lipinski definition) is 3. The Kier molecular flexibility index (Phi) is 6.54. The van der Waals surface area contributed by atoms with Gasteiger partial charge in [0, 0.05) is 24.4 Å². The molecular formula is C14H19NO2S. The lowest BCUT2D eigenvalue weighted by Crippen LogP contribution is -2.33. The Morgan fingerprint density at radius 2 is 2.11 bits per heavy atom. The van der Waals surface area contributed by atoms with Crippen LogP contribution >= 0.6 is 11.8 Å². The van der Waals surface area contributed by atoms with E-state index in [2.05, 4.69) is 6.58 Å². The molecule has 0 radical (unpaired) electrons. The number of aliphatic hydroxyl groups is 1. The minimum atomic E-state index is -0.0698. The molecule has 0 aliphatic rings. The predicted molar refractivity (Wildman–Crippen MR) is 76.8 cm³/mol. The summed E-state index contributed by atoms with van der Waals surface area (Å²) in [6.07, 6.45) is 3.71. The quantitative estimate of drug-likeness (QED) is 0.768. The van der Waals surface area contributed by atoms with E-state index in [1.807, 2.05) is 30.5 Å². The number of aliphatic hydroxyl groups excluding tert-OH is 1. The van der Waals surface area contributed by atoms with Crippen molar-refractivity contribution in [1.29, 1.82) is 0 Å². The van der Waals surface area contributed by atoms with E-state index in [0.717, 1.165) is 5.75 Å². The molecule has 0 spiro atoms. The zero-order valence-corrected chi connectivity index (χ0v) is 11.4. The van der Waals surface area contributed by atoms with Gasteiger partial charge in [-0.3, -0.25) is 4.79 Å². The van der Waals surface area contributed by atoms with E-state index in [4.69, 9.17) is 5.11 Å². The molecule has 4 heteroatoms. The Labute approximate surface area is 113 Å². The molecule has 1 aromatic carbocycles. The van der Waals surface area contributed by atoms with Crippen molar-refractivity contribution in [2.45, 2.75) is 5.75 Å². The molecular weight excluding hydrogens is 246 g/mol. The van der Waals surface area contributed by atoms with Crippen LogP contribution in [0, 0.1) is 0 Å². The van der Waals surface area contributed by atoms with Gasteiger partial charge in [-0.2, -0.15) is 11.8 Å². The highest BCUT2D eigenvalue weighted by Gasteiger charge is 2.13. The monoisotopic (exact) mass is 265 g/mol. The molecule has 0 bridgehead atoms. The molecule has 0 unspecified atom stereocenters. The van der Waals surface area contributed by atoms with Crippen LogP contribution in [0.15, 0.2) is 36.9 Å². The summed E-state index contributed by atoms with van der Waals surface area (Å²) in [5.41, 5.74) is 1.85. The van der Waals surface area contributed by atoms with Gasteiger partial charge < -0.3 is 10.0 Å². The van der Waals surface area contributed by atoms with Crippen LogP contribution in [-0.4, -0.2) is 41.9 Å². The number of carbonyl (C=O) groups excluding carboxylic acids is 1. The van der Waals surface area contributed by atoms with Crippen molar-refractivity contribution in [3.63, 3.8) is 0 Å². The number of amides is 1. The lowest BCUT2D eigenvalue weighted by molar-refractivity contribution is 0.0743. The van der Waals surface area contributed by atoms with Crippen LogP contribution in [0.4, 0.5) is 0 Å². The van der Waals surface area contributed by atoms with Gasteiger partial charge >= 0.3 is 0 Å². The van der Waals surface area contributed by atoms with Gasteiger partial charge in [-0.1, -0.05) is 18.2 Å². The highest BCUT2D eigenvalue weighted by molar-refractivity contribution is 7.97. The van der Waals surface area contributed by atoms with Crippen LogP contribution in [0.25, 0.3) is 0 Å². The molecule has 0 saturated heterocycles. The summed E-state index contributed by atoms with van der Waals surface area (Å²) < 4.78 is 0. The fraction of sp³-hybridized carbons (Fsp3) is 0.357. The van der Waals surface area contributed by atoms with E-state index in [1.165, 1.54) is 5.56 Å². The number of benzene rings is 1. The van der Waals surface area contributed by atoms with Crippen LogP contribution in [0.3, 0.4) is 0 Å². The number of rotatable bonds is 7. The Morgan fingerprint density at radius 1 is 1.44 bits per heavy atom. The van der Waals surface area contributed by atoms with Crippen molar-refractivity contribution in [2.75, 3.05) is 26.0 Å². The molecule has 1 rings (SSSR count). The second kappa shape index (κ2) is 7.95. The summed E-state index contributed by atoms with van der Waals surface area (Å²) in [7, 11) is 0. The molecule has 0 fully saturated rings. The molecule has 0 atom stereocenters. The first kappa shape index (κ1) is 14.8. The number of hydrogen-bond donors (Lipinski definition) is 1. The summed E-state index contributed by atoms with van der Waals surface area (Å²) in [6.45, 7) is 4.36. The van der Waals surface area contributed by atoms with Crippen LogP contribution in [-0.2, 0) is 5.75 Å². The molecule has 1 amide bonds. The molecule has 98 valence electrons. The third-order valence-corrected chi connectivity index (χ3v) is 3.14. The van der Waals surface area contributed by atoms with Gasteiger partial charge in [0.15, 0.2) is 0 Å². The maximum Gasteiger partial charge on any atom is 0.254 e. The lowest BCUT2D eigenvalue weighted by Gasteiger charge is -2.20. The van der Waals surface area contributed by atoms with Crippen LogP contribution < -0.4 is 0 Å². The van der Waals surface area contributed by atoms with Crippen molar-refractivity contribution in [3.05, 3.63) is 48.0 Å². The van der Waals surface area contributed by atoms with Crippen molar-refractivity contribution in [1.82, 2.24) is 4.90 Å². The maximum atomic E-state index is 12.2. The Morgan fingerprint density at radius 3 is 2.61 bits per heavy atom. The van der Waals surface area contributed by atoms with E-state index in [1.54, 1.807) is 22.7 Å². The first-order valence-corrected chi connectivity index (χ1v) is 7.21. The van der Waals surface area contributed by atoms with E-state index >= 15 is 0 Å². The molecule has 0 aromatic heterocycles. The van der Waals surface area contributed by atoms with Gasteiger partial charge in [0.2, 0.25) is 0 Å². The Hall–Kier alpha value is -1.26. The average Bonchev–Trinajstić information content (AvgIpc) is 2.39. The summed E-state index contributed by atoms with van der Waals surface area (Å²) in [6, 6.07) is 7.60. The lowest BCUT2D eigenvalue weighted by atomic mass is 10.1. The number of nitrogens with zero attached hydrogens (tertiary/aromatic N) is 1. The first-order chi connectivity index (χ1) is 8.72. The minimum absolute atomic E-state index is 0.0376. The molecule has 18 heavy (non-hydrogen) atoms. The van der Waals surface area contributed by atoms with Crippen molar-refractivity contribution in [3.8, 4) is 0 Å². The summed E-state index contributed by atoms with van der Waals surface area (Å²) in [5, 5.41) is 8.94. The van der Waals surface area contributed by atoms with Gasteiger partial charge in [0.05, 0.1) is 6.61 Å². The fourth-order valence-corrected chi connectivity index (χ4v) is 2.17. The van der Waals surface area contributed by atoms with E-state index in [-0.39, 0.29) is 12.5 Å². The maximum absolute atomic E-state index is 12.2. The molecule has 3 nitrogen and oxygen atoms in total. The largest absolute Gasteiger partial charge is 0.395 e.